The second-order valence-electron chi connectivity index (χ2n) is 3.02. The number of aliphatic hydroxyl groups is 1. The normalized spacial score (nSPS) is 25.2. The van der Waals surface area contributed by atoms with Crippen LogP contribution in [0.4, 0.5) is 0 Å². The van der Waals surface area contributed by atoms with Crippen LogP contribution in [-0.4, -0.2) is 55.8 Å². The Kier molecular flexibility index (Phi) is 3.94. The zero-order valence-corrected chi connectivity index (χ0v) is 7.69. The minimum absolute atomic E-state index is 0.186. The molecule has 0 radical (unpaired) electrons. The molecular weight excluding hydrogens is 158 g/mol. The van der Waals surface area contributed by atoms with Gasteiger partial charge in [0.25, 0.3) is 0 Å². The standard InChI is InChI=1S/C8H17NO3/c1-7(10)8(11-2)9-3-5-12-6-4-9/h7-8,10H,3-6H2,1-2H3. The first kappa shape index (κ1) is 9.92. The molecule has 2 unspecified atom stereocenters. The van der Waals surface area contributed by atoms with Crippen LogP contribution in [0, 0.1) is 0 Å². The maximum atomic E-state index is 9.36. The second-order valence-corrected chi connectivity index (χ2v) is 3.02. The van der Waals surface area contributed by atoms with Crippen LogP contribution < -0.4 is 0 Å². The lowest BCUT2D eigenvalue weighted by Gasteiger charge is -2.34. The van der Waals surface area contributed by atoms with Crippen molar-refractivity contribution in [3.8, 4) is 0 Å². The number of methoxy groups -OCH3 is 1. The number of aliphatic hydroxyl groups excluding tert-OH is 1. The van der Waals surface area contributed by atoms with Crippen molar-refractivity contribution < 1.29 is 14.6 Å². The number of nitrogens with zero attached hydrogens (tertiary/aromatic N) is 1. The molecule has 1 saturated heterocycles. The smallest absolute Gasteiger partial charge is 0.136 e. The van der Waals surface area contributed by atoms with E-state index in [-0.39, 0.29) is 6.23 Å². The van der Waals surface area contributed by atoms with Gasteiger partial charge in [-0.05, 0) is 6.92 Å². The summed E-state index contributed by atoms with van der Waals surface area (Å²) in [7, 11) is 1.62. The van der Waals surface area contributed by atoms with E-state index in [1.807, 2.05) is 0 Å². The maximum Gasteiger partial charge on any atom is 0.136 e. The summed E-state index contributed by atoms with van der Waals surface area (Å²) in [4.78, 5) is 2.09. The Morgan fingerprint density at radius 1 is 1.42 bits per heavy atom. The van der Waals surface area contributed by atoms with Crippen LogP contribution >= 0.6 is 0 Å². The maximum absolute atomic E-state index is 9.36. The third kappa shape index (κ3) is 2.42. The zero-order valence-electron chi connectivity index (χ0n) is 7.69. The Hall–Kier alpha value is -0.160. The highest BCUT2D eigenvalue weighted by Gasteiger charge is 2.24. The van der Waals surface area contributed by atoms with Crippen molar-refractivity contribution in [3.63, 3.8) is 0 Å². The molecule has 0 aromatic carbocycles. The predicted octanol–water partition coefficient (Wildman–Crippen LogP) is -0.328. The molecule has 4 heteroatoms. The molecule has 1 rings (SSSR count). The molecule has 12 heavy (non-hydrogen) atoms. The van der Waals surface area contributed by atoms with Crippen molar-refractivity contribution in [2.45, 2.75) is 19.3 Å². The van der Waals surface area contributed by atoms with E-state index in [0.717, 1.165) is 26.3 Å². The van der Waals surface area contributed by atoms with E-state index in [1.165, 1.54) is 0 Å². The van der Waals surface area contributed by atoms with Crippen molar-refractivity contribution in [2.75, 3.05) is 33.4 Å². The van der Waals surface area contributed by atoms with Gasteiger partial charge in [-0.3, -0.25) is 4.90 Å². The third-order valence-corrected chi connectivity index (χ3v) is 2.06. The van der Waals surface area contributed by atoms with Crippen LogP contribution in [-0.2, 0) is 9.47 Å². The van der Waals surface area contributed by atoms with Gasteiger partial charge in [-0.15, -0.1) is 0 Å². The molecular formula is C8H17NO3. The van der Waals surface area contributed by atoms with Crippen LogP contribution in [0.2, 0.25) is 0 Å². The van der Waals surface area contributed by atoms with Gasteiger partial charge in [-0.1, -0.05) is 0 Å². The predicted molar refractivity (Wildman–Crippen MR) is 44.9 cm³/mol. The van der Waals surface area contributed by atoms with Crippen molar-refractivity contribution in [1.29, 1.82) is 0 Å². The van der Waals surface area contributed by atoms with Crippen LogP contribution in [0.5, 0.6) is 0 Å². The summed E-state index contributed by atoms with van der Waals surface area (Å²) >= 11 is 0. The molecule has 0 bridgehead atoms. The topological polar surface area (TPSA) is 41.9 Å². The van der Waals surface area contributed by atoms with Crippen molar-refractivity contribution in [2.24, 2.45) is 0 Å². The van der Waals surface area contributed by atoms with E-state index in [9.17, 15) is 5.11 Å². The quantitative estimate of drug-likeness (QED) is 0.638. The first-order valence-corrected chi connectivity index (χ1v) is 4.28. The highest BCUT2D eigenvalue weighted by molar-refractivity contribution is 4.70. The average Bonchev–Trinajstić information content (AvgIpc) is 2.07. The molecule has 72 valence electrons. The molecule has 0 spiro atoms. The fraction of sp³-hybridized carbons (Fsp3) is 1.00. The summed E-state index contributed by atoms with van der Waals surface area (Å²) in [6, 6.07) is 0. The SMILES string of the molecule is COC(C(C)O)N1CCOCC1. The summed E-state index contributed by atoms with van der Waals surface area (Å²) in [5.41, 5.74) is 0. The zero-order chi connectivity index (χ0) is 8.97. The molecule has 1 N–H and O–H groups in total. The minimum Gasteiger partial charge on any atom is -0.389 e. The van der Waals surface area contributed by atoms with Gasteiger partial charge in [-0.2, -0.15) is 0 Å². The lowest BCUT2D eigenvalue weighted by Crippen LogP contribution is -2.49. The van der Waals surface area contributed by atoms with Gasteiger partial charge in [0.05, 0.1) is 19.3 Å². The Labute approximate surface area is 73.1 Å². The molecule has 0 aromatic heterocycles. The molecule has 0 amide bonds. The lowest BCUT2D eigenvalue weighted by atomic mass is 10.3. The molecule has 1 aliphatic rings. The number of hydrogen-bond acceptors (Lipinski definition) is 4. The largest absolute Gasteiger partial charge is 0.389 e. The van der Waals surface area contributed by atoms with Gasteiger partial charge in [-0.25, -0.2) is 0 Å². The monoisotopic (exact) mass is 175 g/mol. The third-order valence-electron chi connectivity index (χ3n) is 2.06. The van der Waals surface area contributed by atoms with Gasteiger partial charge in [0.2, 0.25) is 0 Å². The molecule has 2 atom stereocenters. The number of morpholine rings is 1. The molecule has 0 saturated carbocycles. The Balaban J connectivity index is 2.40. The van der Waals surface area contributed by atoms with Crippen LogP contribution in [0.25, 0.3) is 0 Å². The van der Waals surface area contributed by atoms with Gasteiger partial charge in [0.1, 0.15) is 6.23 Å². The molecule has 0 aromatic rings. The van der Waals surface area contributed by atoms with Gasteiger partial charge < -0.3 is 14.6 Å². The fourth-order valence-electron chi connectivity index (χ4n) is 1.48. The van der Waals surface area contributed by atoms with Crippen LogP contribution in [0.15, 0.2) is 0 Å². The lowest BCUT2D eigenvalue weighted by molar-refractivity contribution is -0.126. The van der Waals surface area contributed by atoms with Gasteiger partial charge in [0.15, 0.2) is 0 Å². The Morgan fingerprint density at radius 2 is 2.00 bits per heavy atom. The Bertz CT molecular complexity index is 123. The molecule has 4 nitrogen and oxygen atoms in total. The summed E-state index contributed by atoms with van der Waals surface area (Å²) in [6.07, 6.45) is -0.637. The summed E-state index contributed by atoms with van der Waals surface area (Å²) in [5, 5.41) is 9.36. The minimum atomic E-state index is -0.451. The van der Waals surface area contributed by atoms with Gasteiger partial charge >= 0.3 is 0 Å². The average molecular weight is 175 g/mol. The number of ether oxygens (including phenoxy) is 2. The van der Waals surface area contributed by atoms with E-state index in [0.29, 0.717) is 0 Å². The molecule has 1 heterocycles. The molecule has 0 aliphatic carbocycles. The van der Waals surface area contributed by atoms with Crippen molar-refractivity contribution in [1.82, 2.24) is 4.90 Å². The van der Waals surface area contributed by atoms with Crippen molar-refractivity contribution >= 4 is 0 Å². The second kappa shape index (κ2) is 4.77. The molecule has 1 fully saturated rings. The van der Waals surface area contributed by atoms with E-state index >= 15 is 0 Å². The highest BCUT2D eigenvalue weighted by Crippen LogP contribution is 2.08. The van der Waals surface area contributed by atoms with Crippen LogP contribution in [0.3, 0.4) is 0 Å². The number of hydrogen-bond donors (Lipinski definition) is 1. The van der Waals surface area contributed by atoms with E-state index in [2.05, 4.69) is 4.90 Å². The summed E-state index contributed by atoms with van der Waals surface area (Å²) in [6.45, 7) is 4.87. The first-order valence-electron chi connectivity index (χ1n) is 4.28. The summed E-state index contributed by atoms with van der Waals surface area (Å²) < 4.78 is 10.4. The van der Waals surface area contributed by atoms with E-state index in [4.69, 9.17) is 9.47 Å². The first-order chi connectivity index (χ1) is 5.75. The Morgan fingerprint density at radius 3 is 2.42 bits per heavy atom. The van der Waals surface area contributed by atoms with E-state index in [1.54, 1.807) is 14.0 Å². The fourth-order valence-corrected chi connectivity index (χ4v) is 1.48. The van der Waals surface area contributed by atoms with Gasteiger partial charge in [0, 0.05) is 20.2 Å². The highest BCUT2D eigenvalue weighted by atomic mass is 16.5. The van der Waals surface area contributed by atoms with E-state index < -0.39 is 6.10 Å². The molecule has 1 aliphatic heterocycles. The number of rotatable bonds is 3. The summed E-state index contributed by atoms with van der Waals surface area (Å²) in [5.74, 6) is 0. The van der Waals surface area contributed by atoms with Crippen LogP contribution in [0.1, 0.15) is 6.92 Å². The van der Waals surface area contributed by atoms with Crippen molar-refractivity contribution in [3.05, 3.63) is 0 Å².